The van der Waals surface area contributed by atoms with Crippen molar-refractivity contribution in [2.45, 2.75) is 17.9 Å². The van der Waals surface area contributed by atoms with Gasteiger partial charge in [0.2, 0.25) is 5.08 Å². The maximum absolute atomic E-state index is 10.9. The number of rotatable bonds is 5. The van der Waals surface area contributed by atoms with E-state index in [1.807, 2.05) is 0 Å². The van der Waals surface area contributed by atoms with Gasteiger partial charge in [-0.2, -0.15) is 0 Å². The molecular formula is C4H14NO6P3. The van der Waals surface area contributed by atoms with Crippen LogP contribution in [0.15, 0.2) is 0 Å². The number of hydrogen-bond donors (Lipinski definition) is 6. The summed E-state index contributed by atoms with van der Waals surface area (Å²) in [6, 6.07) is 0. The minimum absolute atomic E-state index is 0.0644. The van der Waals surface area contributed by atoms with Crippen molar-refractivity contribution in [3.05, 3.63) is 0 Å². The summed E-state index contributed by atoms with van der Waals surface area (Å²) < 4.78 is 10.9. The lowest BCUT2D eigenvalue weighted by molar-refractivity contribution is 0.136. The highest BCUT2D eigenvalue weighted by atomic mass is 31.8. The zero-order valence-corrected chi connectivity index (χ0v) is 10.0. The Hall–Kier alpha value is 0.720. The zero-order chi connectivity index (χ0) is 11.6. The van der Waals surface area contributed by atoms with E-state index in [2.05, 4.69) is 8.53 Å². The molecule has 10 heteroatoms. The summed E-state index contributed by atoms with van der Waals surface area (Å²) in [6.07, 6.45) is -0.424. The van der Waals surface area contributed by atoms with E-state index < -0.39 is 26.1 Å². The van der Waals surface area contributed by atoms with Crippen LogP contribution in [0.3, 0.4) is 0 Å². The van der Waals surface area contributed by atoms with Crippen LogP contribution in [0.5, 0.6) is 0 Å². The van der Waals surface area contributed by atoms with Crippen molar-refractivity contribution in [1.29, 1.82) is 0 Å². The molecule has 1 unspecified atom stereocenters. The van der Waals surface area contributed by atoms with Crippen molar-refractivity contribution in [1.82, 2.24) is 0 Å². The first kappa shape index (κ1) is 14.7. The van der Waals surface area contributed by atoms with Gasteiger partial charge in [-0.25, -0.2) is 0 Å². The lowest BCUT2D eigenvalue weighted by atomic mass is 10.3. The molecule has 0 radical (unpaired) electrons. The van der Waals surface area contributed by atoms with E-state index in [9.17, 15) is 9.67 Å². The zero-order valence-electron chi connectivity index (χ0n) is 7.24. The fraction of sp³-hybridized carbons (Fsp3) is 1.00. The Morgan fingerprint density at radius 1 is 1.29 bits per heavy atom. The van der Waals surface area contributed by atoms with Crippen molar-refractivity contribution in [2.75, 3.05) is 6.54 Å². The van der Waals surface area contributed by atoms with Crippen LogP contribution < -0.4 is 5.73 Å². The van der Waals surface area contributed by atoms with Gasteiger partial charge in [0, 0.05) is 0 Å². The molecule has 14 heavy (non-hydrogen) atoms. The number of nitrogens with two attached hydrogens (primary N) is 1. The molecule has 0 aromatic carbocycles. The number of hydrogen-bond acceptors (Lipinski definition) is 3. The summed E-state index contributed by atoms with van der Waals surface area (Å²) in [5, 5.41) is 6.65. The van der Waals surface area contributed by atoms with Crippen molar-refractivity contribution in [3.8, 4) is 0 Å². The molecule has 0 spiro atoms. The Balaban J connectivity index is 5.08. The Morgan fingerprint density at radius 3 is 1.93 bits per heavy atom. The fourth-order valence-corrected chi connectivity index (χ4v) is 4.70. The average Bonchev–Trinajstić information content (AvgIpc) is 1.95. The van der Waals surface area contributed by atoms with Crippen LogP contribution in [-0.2, 0) is 4.57 Å². The van der Waals surface area contributed by atoms with Gasteiger partial charge in [0.05, 0.1) is 0 Å². The fourth-order valence-electron chi connectivity index (χ4n) is 0.822. The van der Waals surface area contributed by atoms with Crippen LogP contribution in [0, 0.1) is 0 Å². The molecule has 7 N–H and O–H groups in total. The predicted molar refractivity (Wildman–Crippen MR) is 55.0 cm³/mol. The molecule has 0 saturated carbocycles. The Morgan fingerprint density at radius 2 is 1.71 bits per heavy atom. The van der Waals surface area contributed by atoms with Crippen LogP contribution in [0.4, 0.5) is 0 Å². The van der Waals surface area contributed by atoms with E-state index in [1.54, 1.807) is 0 Å². The second kappa shape index (κ2) is 4.71. The third kappa shape index (κ3) is 3.11. The van der Waals surface area contributed by atoms with Crippen LogP contribution in [0.1, 0.15) is 12.8 Å². The second-order valence-electron chi connectivity index (χ2n) is 2.81. The Kier molecular flexibility index (Phi) is 4.95. The highest BCUT2D eigenvalue weighted by Crippen LogP contribution is 2.71. The molecule has 86 valence electrons. The molecular weight excluding hydrogens is 251 g/mol. The van der Waals surface area contributed by atoms with E-state index in [0.717, 1.165) is 0 Å². The Bertz CT molecular complexity index is 259. The van der Waals surface area contributed by atoms with Gasteiger partial charge in [-0.15, -0.1) is 0 Å². The van der Waals surface area contributed by atoms with Gasteiger partial charge in [-0.3, -0.25) is 4.57 Å². The summed E-state index contributed by atoms with van der Waals surface area (Å²) in [5.74, 6) is 0. The van der Waals surface area contributed by atoms with Crippen molar-refractivity contribution in [2.24, 2.45) is 5.73 Å². The topological polar surface area (TPSA) is 144 Å². The maximum atomic E-state index is 10.9. The van der Waals surface area contributed by atoms with E-state index >= 15 is 0 Å². The smallest absolute Gasteiger partial charge is 0.366 e. The SMILES string of the molecule is NCCCC(O)(P(=O)(O)O)P(O)(O)=P. The van der Waals surface area contributed by atoms with Gasteiger partial charge in [0.25, 0.3) is 0 Å². The van der Waals surface area contributed by atoms with Gasteiger partial charge < -0.3 is 30.4 Å². The standard InChI is InChI=1S/C4H14NO6P3/c5-3-1-2-4(6,13(7,8)9)14(10,11)12/h6,10-12H,1-3,5H2,(H2,7,8,9). The van der Waals surface area contributed by atoms with Crippen LogP contribution in [0.2, 0.25) is 0 Å². The largest absolute Gasteiger partial charge is 0.370 e. The summed E-state index contributed by atoms with van der Waals surface area (Å²) in [4.78, 5) is 35.8. The molecule has 0 rings (SSSR count). The highest BCUT2D eigenvalue weighted by Gasteiger charge is 2.54. The molecule has 7 nitrogen and oxygen atoms in total. The molecule has 0 aromatic rings. The second-order valence-corrected chi connectivity index (χ2v) is 8.81. The lowest BCUT2D eigenvalue weighted by Gasteiger charge is -2.32. The van der Waals surface area contributed by atoms with Crippen LogP contribution in [-0.4, -0.2) is 36.3 Å². The van der Waals surface area contributed by atoms with Gasteiger partial charge >= 0.3 is 7.60 Å². The molecule has 0 aliphatic carbocycles. The summed E-state index contributed by atoms with van der Waals surface area (Å²) in [7, 11) is -6.92. The highest BCUT2D eigenvalue weighted by molar-refractivity contribution is 7.97. The van der Waals surface area contributed by atoms with Crippen LogP contribution in [0.25, 0.3) is 0 Å². The summed E-state index contributed by atoms with van der Waals surface area (Å²) >= 11 is 0. The summed E-state index contributed by atoms with van der Waals surface area (Å²) in [5.41, 5.74) is 5.09. The van der Waals surface area contributed by atoms with E-state index in [1.165, 1.54) is 0 Å². The van der Waals surface area contributed by atoms with Crippen molar-refractivity contribution < 1.29 is 29.2 Å². The predicted octanol–water partition coefficient (Wildman–Crippen LogP) is -0.561. The monoisotopic (exact) mass is 265 g/mol. The third-order valence-corrected chi connectivity index (χ3v) is 7.35. The van der Waals surface area contributed by atoms with Crippen LogP contribution >= 0.6 is 23.1 Å². The molecule has 0 heterocycles. The molecule has 0 fully saturated rings. The third-order valence-electron chi connectivity index (χ3n) is 1.68. The number of aliphatic hydroxyl groups is 1. The van der Waals surface area contributed by atoms with E-state index in [4.69, 9.17) is 25.3 Å². The van der Waals surface area contributed by atoms with Gasteiger partial charge in [-0.05, 0) is 19.4 Å². The van der Waals surface area contributed by atoms with Gasteiger partial charge in [0.15, 0.2) is 7.00 Å². The lowest BCUT2D eigenvalue weighted by Crippen LogP contribution is -2.28. The average molecular weight is 265 g/mol. The van der Waals surface area contributed by atoms with Crippen molar-refractivity contribution >= 4 is 23.1 Å². The first-order chi connectivity index (χ1) is 6.06. The minimum atomic E-state index is -5.04. The molecule has 0 bridgehead atoms. The molecule has 1 atom stereocenters. The molecule has 0 aliphatic heterocycles. The molecule has 0 amide bonds. The normalized spacial score (nSPS) is 17.9. The maximum Gasteiger partial charge on any atom is 0.366 e. The quantitative estimate of drug-likeness (QED) is 0.365. The first-order valence-corrected chi connectivity index (χ1v) is 8.29. The molecule has 0 aliphatic rings. The van der Waals surface area contributed by atoms with E-state index in [-0.39, 0.29) is 13.0 Å². The van der Waals surface area contributed by atoms with Gasteiger partial charge in [-0.1, -0.05) is 8.53 Å². The minimum Gasteiger partial charge on any atom is -0.370 e. The van der Waals surface area contributed by atoms with Crippen molar-refractivity contribution in [3.63, 3.8) is 0 Å². The molecule has 0 saturated heterocycles. The first-order valence-electron chi connectivity index (χ1n) is 3.64. The summed E-state index contributed by atoms with van der Waals surface area (Å²) in [6.45, 7) is 0.0779. The van der Waals surface area contributed by atoms with E-state index in [0.29, 0.717) is 0 Å². The Labute approximate surface area is 83.3 Å². The van der Waals surface area contributed by atoms with Gasteiger partial charge in [0.1, 0.15) is 0 Å². The molecule has 0 aromatic heterocycles.